The first-order chi connectivity index (χ1) is 18.3. The molecule has 2 amide bonds. The van der Waals surface area contributed by atoms with Crippen molar-refractivity contribution >= 4 is 39.1 Å². The van der Waals surface area contributed by atoms with Gasteiger partial charge in [-0.15, -0.1) is 0 Å². The van der Waals surface area contributed by atoms with E-state index in [0.717, 1.165) is 22.0 Å². The molecular formula is C29H33ClFN3O4S. The van der Waals surface area contributed by atoms with Gasteiger partial charge in [-0.05, 0) is 63.1 Å². The smallest absolute Gasteiger partial charge is 0.264 e. The lowest BCUT2D eigenvalue weighted by atomic mass is 10.1. The third-order valence-electron chi connectivity index (χ3n) is 5.88. The van der Waals surface area contributed by atoms with Crippen molar-refractivity contribution in [1.82, 2.24) is 10.2 Å². The molecule has 0 spiro atoms. The molecule has 1 atom stereocenters. The van der Waals surface area contributed by atoms with Crippen LogP contribution >= 0.6 is 11.6 Å². The highest BCUT2D eigenvalue weighted by atomic mass is 35.5. The van der Waals surface area contributed by atoms with Crippen molar-refractivity contribution in [1.29, 1.82) is 0 Å². The van der Waals surface area contributed by atoms with Crippen LogP contribution in [0.1, 0.15) is 39.7 Å². The van der Waals surface area contributed by atoms with Crippen molar-refractivity contribution in [2.45, 2.75) is 57.1 Å². The minimum Gasteiger partial charge on any atom is -0.350 e. The lowest BCUT2D eigenvalue weighted by Gasteiger charge is -2.34. The van der Waals surface area contributed by atoms with Crippen molar-refractivity contribution in [2.75, 3.05) is 10.8 Å². The summed E-state index contributed by atoms with van der Waals surface area (Å²) in [6, 6.07) is 19.3. The number of halogens is 2. The summed E-state index contributed by atoms with van der Waals surface area (Å²) in [6.07, 6.45) is 0.300. The Bertz CT molecular complexity index is 1400. The van der Waals surface area contributed by atoms with Crippen LogP contribution in [0.15, 0.2) is 83.8 Å². The highest BCUT2D eigenvalue weighted by Crippen LogP contribution is 2.28. The second-order valence-corrected chi connectivity index (χ2v) is 12.4. The fourth-order valence-corrected chi connectivity index (χ4v) is 5.64. The minimum absolute atomic E-state index is 0.0189. The maximum Gasteiger partial charge on any atom is 0.264 e. The summed E-state index contributed by atoms with van der Waals surface area (Å²) >= 11 is 5.99. The van der Waals surface area contributed by atoms with E-state index in [1.807, 2.05) is 51.1 Å². The van der Waals surface area contributed by atoms with Crippen molar-refractivity contribution in [3.8, 4) is 0 Å². The molecular weight excluding hydrogens is 541 g/mol. The average Bonchev–Trinajstić information content (AvgIpc) is 2.88. The van der Waals surface area contributed by atoms with E-state index in [9.17, 15) is 22.4 Å². The van der Waals surface area contributed by atoms with Crippen LogP contribution in [-0.2, 0) is 26.2 Å². The Balaban J connectivity index is 2.07. The third kappa shape index (κ3) is 7.80. The molecule has 3 rings (SSSR count). The van der Waals surface area contributed by atoms with Gasteiger partial charge in [0.15, 0.2) is 0 Å². The van der Waals surface area contributed by atoms with Gasteiger partial charge in [-0.25, -0.2) is 12.8 Å². The van der Waals surface area contributed by atoms with Crippen LogP contribution in [0.5, 0.6) is 0 Å². The number of hydrogen-bond donors (Lipinski definition) is 1. The predicted molar refractivity (Wildman–Crippen MR) is 151 cm³/mol. The fraction of sp³-hybridized carbons (Fsp3) is 0.310. The monoisotopic (exact) mass is 573 g/mol. The summed E-state index contributed by atoms with van der Waals surface area (Å²) in [7, 11) is -4.26. The topological polar surface area (TPSA) is 86.8 Å². The molecule has 0 aliphatic heterocycles. The molecule has 1 N–H and O–H groups in total. The number of nitrogens with zero attached hydrogens (tertiary/aromatic N) is 2. The number of anilines is 1. The van der Waals surface area contributed by atoms with Gasteiger partial charge in [0, 0.05) is 12.1 Å². The molecule has 0 heterocycles. The van der Waals surface area contributed by atoms with Crippen molar-refractivity contribution < 1.29 is 22.4 Å². The van der Waals surface area contributed by atoms with Crippen LogP contribution in [0, 0.1) is 5.82 Å². The normalized spacial score (nSPS) is 12.5. The number of rotatable bonds is 10. The molecule has 3 aromatic rings. The number of nitrogens with one attached hydrogen (secondary N) is 1. The van der Waals surface area contributed by atoms with Gasteiger partial charge in [-0.3, -0.25) is 13.9 Å². The van der Waals surface area contributed by atoms with Crippen molar-refractivity contribution in [3.63, 3.8) is 0 Å². The molecule has 208 valence electrons. The minimum atomic E-state index is -4.26. The van der Waals surface area contributed by atoms with E-state index in [1.165, 1.54) is 23.1 Å². The lowest BCUT2D eigenvalue weighted by molar-refractivity contribution is -0.141. The molecule has 0 aromatic heterocycles. The standard InChI is InChI=1S/C29H33ClFN3O4S/c1-5-26(28(36)32-29(2,3)4)33(19-21-12-8-6-9-13-21)27(35)20-34(22-16-17-25(31)24(30)18-22)39(37,38)23-14-10-7-11-15-23/h6-18,26H,5,19-20H2,1-4H3,(H,32,36)/t26-/m1/s1. The van der Waals surface area contributed by atoms with Gasteiger partial charge < -0.3 is 10.2 Å². The zero-order chi connectivity index (χ0) is 28.8. The number of sulfonamides is 1. The number of benzene rings is 3. The zero-order valence-electron chi connectivity index (χ0n) is 22.4. The number of amides is 2. The largest absolute Gasteiger partial charge is 0.350 e. The Morgan fingerprint density at radius 3 is 2.10 bits per heavy atom. The Kier molecular flexibility index (Phi) is 9.74. The molecule has 0 aliphatic carbocycles. The summed E-state index contributed by atoms with van der Waals surface area (Å²) in [4.78, 5) is 28.6. The SMILES string of the molecule is CC[C@H](C(=O)NC(C)(C)C)N(Cc1ccccc1)C(=O)CN(c1ccc(F)c(Cl)c1)S(=O)(=O)c1ccccc1. The van der Waals surface area contributed by atoms with Crippen LogP contribution in [0.4, 0.5) is 10.1 Å². The third-order valence-corrected chi connectivity index (χ3v) is 7.96. The van der Waals surface area contributed by atoms with Crippen LogP contribution in [0.3, 0.4) is 0 Å². The first-order valence-corrected chi connectivity index (χ1v) is 14.3. The predicted octanol–water partition coefficient (Wildman–Crippen LogP) is 5.40. The lowest BCUT2D eigenvalue weighted by Crippen LogP contribution is -2.55. The number of hydrogen-bond acceptors (Lipinski definition) is 4. The van der Waals surface area contributed by atoms with Gasteiger partial charge in [0.05, 0.1) is 15.6 Å². The molecule has 0 unspecified atom stereocenters. The van der Waals surface area contributed by atoms with Gasteiger partial charge >= 0.3 is 0 Å². The molecule has 0 radical (unpaired) electrons. The number of carbonyl (C=O) groups is 2. The summed E-state index contributed by atoms with van der Waals surface area (Å²) < 4.78 is 42.4. The second kappa shape index (κ2) is 12.6. The molecule has 10 heteroatoms. The average molecular weight is 574 g/mol. The molecule has 0 bridgehead atoms. The molecule has 0 saturated heterocycles. The maximum atomic E-state index is 14.0. The summed E-state index contributed by atoms with van der Waals surface area (Å²) in [5.41, 5.74) is 0.250. The molecule has 0 fully saturated rings. The highest BCUT2D eigenvalue weighted by molar-refractivity contribution is 7.92. The summed E-state index contributed by atoms with van der Waals surface area (Å²) in [5.74, 6) is -1.68. The first-order valence-electron chi connectivity index (χ1n) is 12.5. The quantitative estimate of drug-likeness (QED) is 0.352. The van der Waals surface area contributed by atoms with E-state index in [4.69, 9.17) is 11.6 Å². The Hall–Kier alpha value is -3.43. The van der Waals surface area contributed by atoms with Gasteiger partial charge in [0.2, 0.25) is 11.8 Å². The van der Waals surface area contributed by atoms with E-state index < -0.39 is 39.9 Å². The van der Waals surface area contributed by atoms with Crippen molar-refractivity contribution in [2.24, 2.45) is 0 Å². The van der Waals surface area contributed by atoms with Crippen molar-refractivity contribution in [3.05, 3.63) is 95.3 Å². The Labute approximate surface area is 234 Å². The zero-order valence-corrected chi connectivity index (χ0v) is 24.0. The molecule has 39 heavy (non-hydrogen) atoms. The number of carbonyl (C=O) groups excluding carboxylic acids is 2. The van der Waals surface area contributed by atoms with E-state index in [2.05, 4.69) is 5.32 Å². The van der Waals surface area contributed by atoms with Crippen LogP contribution in [0.25, 0.3) is 0 Å². The maximum absolute atomic E-state index is 14.0. The summed E-state index contributed by atoms with van der Waals surface area (Å²) in [6.45, 7) is 6.76. The van der Waals surface area contributed by atoms with Crippen LogP contribution in [-0.4, -0.2) is 43.3 Å². The Morgan fingerprint density at radius 2 is 1.56 bits per heavy atom. The van der Waals surface area contributed by atoms with Gasteiger partial charge in [0.1, 0.15) is 18.4 Å². The van der Waals surface area contributed by atoms with Gasteiger partial charge in [0.25, 0.3) is 10.0 Å². The highest BCUT2D eigenvalue weighted by Gasteiger charge is 2.34. The second-order valence-electron chi connectivity index (χ2n) is 10.1. The van der Waals surface area contributed by atoms with E-state index in [0.29, 0.717) is 6.42 Å². The summed E-state index contributed by atoms with van der Waals surface area (Å²) in [5, 5.41) is 2.64. The van der Waals surface area contributed by atoms with Crippen LogP contribution in [0.2, 0.25) is 5.02 Å². The van der Waals surface area contributed by atoms with Gasteiger partial charge in [-0.1, -0.05) is 67.1 Å². The fourth-order valence-electron chi connectivity index (χ4n) is 4.04. The first kappa shape index (κ1) is 30.1. The molecule has 3 aromatic carbocycles. The van der Waals surface area contributed by atoms with E-state index in [-0.39, 0.29) is 28.1 Å². The molecule has 0 saturated carbocycles. The van der Waals surface area contributed by atoms with E-state index in [1.54, 1.807) is 25.1 Å². The van der Waals surface area contributed by atoms with Gasteiger partial charge in [-0.2, -0.15) is 0 Å². The van der Waals surface area contributed by atoms with Crippen LogP contribution < -0.4 is 9.62 Å². The Morgan fingerprint density at radius 1 is 0.974 bits per heavy atom. The molecule has 0 aliphatic rings. The molecule has 7 nitrogen and oxygen atoms in total. The van der Waals surface area contributed by atoms with E-state index >= 15 is 0 Å².